The Hall–Kier alpha value is -6.02. The van der Waals surface area contributed by atoms with E-state index < -0.39 is 30.0 Å². The molecule has 67 heavy (non-hydrogen) atoms. The first-order chi connectivity index (χ1) is 32.2. The second-order valence-corrected chi connectivity index (χ2v) is 19.5. The van der Waals surface area contributed by atoms with E-state index in [1.807, 2.05) is 43.0 Å². The Morgan fingerprint density at radius 3 is 2.46 bits per heavy atom. The van der Waals surface area contributed by atoms with Gasteiger partial charge < -0.3 is 24.8 Å². The van der Waals surface area contributed by atoms with E-state index in [2.05, 4.69) is 30.6 Å². The van der Waals surface area contributed by atoms with Gasteiger partial charge in [-0.3, -0.25) is 38.3 Å². The molecule has 4 aromatic heterocycles. The zero-order valence-corrected chi connectivity index (χ0v) is 38.2. The van der Waals surface area contributed by atoms with Gasteiger partial charge in [0.25, 0.3) is 12.3 Å². The molecule has 4 saturated heterocycles. The standard InChI is InChI=1S/C47H58F2N12O6/c1-28-23-58(24-29(2)67-28)37-15-19-59-42(52-37)33(22-50-59)43(63)51-34-25-60(54-39(34)41(48)49)32-11-9-31(10-12-32)45(65)57-20-16-47(17-21-57)26-56(27-47)18-5-7-30-6-4-8-35-40(30)55(3)46(66)61(35)36-13-14-38(62)53-44(36)64/h4,6,8,15,19,22,25,28-29,31-32,36,41H,5,7,9-14,16-18,20-21,23-24,26-27H2,1-3H3,(H,51,63)(H,53,62,64)/t28-,29+,31?,32?,36?. The molecule has 0 bridgehead atoms. The molecule has 1 spiro atoms. The molecule has 8 heterocycles. The number of halogens is 2. The van der Waals surface area contributed by atoms with Gasteiger partial charge in [-0.2, -0.15) is 10.2 Å². The van der Waals surface area contributed by atoms with Gasteiger partial charge in [-0.25, -0.2) is 23.1 Å². The van der Waals surface area contributed by atoms with Crippen LogP contribution in [0.5, 0.6) is 0 Å². The van der Waals surface area contributed by atoms with Gasteiger partial charge in [-0.05, 0) is 101 Å². The molecule has 4 amide bonds. The molecular formula is C47H58F2N12O6. The summed E-state index contributed by atoms with van der Waals surface area (Å²) in [6.07, 6.45) is 8.27. The topological polar surface area (TPSA) is 186 Å². The van der Waals surface area contributed by atoms with Crippen molar-refractivity contribution in [3.63, 3.8) is 0 Å². The van der Waals surface area contributed by atoms with E-state index in [1.54, 1.807) is 17.8 Å². The molecule has 2 N–H and O–H groups in total. The number of alkyl halides is 2. The lowest BCUT2D eigenvalue weighted by Gasteiger charge is -2.54. The number of morpholine rings is 1. The predicted octanol–water partition coefficient (Wildman–Crippen LogP) is 4.65. The number of carbonyl (C=O) groups is 4. The normalized spacial score (nSPS) is 24.7. The number of ether oxygens (including phenoxy) is 1. The molecule has 4 aliphatic heterocycles. The van der Waals surface area contributed by atoms with Crippen LogP contribution in [0.2, 0.25) is 0 Å². The average molecular weight is 925 g/mol. The van der Waals surface area contributed by atoms with Gasteiger partial charge in [0.2, 0.25) is 17.7 Å². The monoisotopic (exact) mass is 924 g/mol. The first kappa shape index (κ1) is 44.8. The lowest BCUT2D eigenvalue weighted by atomic mass is 9.71. The van der Waals surface area contributed by atoms with Crippen LogP contribution in [-0.2, 0) is 32.6 Å². The van der Waals surface area contributed by atoms with Gasteiger partial charge in [-0.1, -0.05) is 12.1 Å². The second kappa shape index (κ2) is 17.9. The third-order valence-corrected chi connectivity index (χ3v) is 14.9. The van der Waals surface area contributed by atoms with Gasteiger partial charge >= 0.3 is 5.69 Å². The average Bonchev–Trinajstić information content (AvgIpc) is 4.00. The largest absolute Gasteiger partial charge is 0.372 e. The van der Waals surface area contributed by atoms with E-state index in [4.69, 9.17) is 9.72 Å². The summed E-state index contributed by atoms with van der Waals surface area (Å²) >= 11 is 0. The van der Waals surface area contributed by atoms with Crippen molar-refractivity contribution in [1.29, 1.82) is 0 Å². The van der Waals surface area contributed by atoms with Crippen molar-refractivity contribution in [3.8, 4) is 0 Å². The minimum Gasteiger partial charge on any atom is -0.372 e. The number of aryl methyl sites for hydroxylation is 2. The van der Waals surface area contributed by atoms with Crippen molar-refractivity contribution in [1.82, 2.24) is 48.6 Å². The number of fused-ring (bicyclic) bond motifs is 2. The molecule has 20 heteroatoms. The molecule has 5 aliphatic rings. The van der Waals surface area contributed by atoms with E-state index in [-0.39, 0.29) is 64.8 Å². The van der Waals surface area contributed by atoms with Crippen molar-refractivity contribution >= 4 is 51.8 Å². The van der Waals surface area contributed by atoms with E-state index in [9.17, 15) is 32.8 Å². The molecule has 356 valence electrons. The van der Waals surface area contributed by atoms with Crippen molar-refractivity contribution in [2.45, 2.75) is 109 Å². The lowest BCUT2D eigenvalue weighted by molar-refractivity contribution is -0.142. The Morgan fingerprint density at radius 2 is 1.75 bits per heavy atom. The maximum absolute atomic E-state index is 14.4. The number of benzene rings is 1. The molecule has 18 nitrogen and oxygen atoms in total. The summed E-state index contributed by atoms with van der Waals surface area (Å²) in [4.78, 5) is 76.5. The summed E-state index contributed by atoms with van der Waals surface area (Å²) in [7, 11) is 1.73. The number of piperidine rings is 2. The molecule has 1 aromatic carbocycles. The Balaban J connectivity index is 0.694. The third-order valence-electron chi connectivity index (χ3n) is 14.9. The predicted molar refractivity (Wildman–Crippen MR) is 243 cm³/mol. The third kappa shape index (κ3) is 8.62. The number of hydrogen-bond donors (Lipinski definition) is 2. The van der Waals surface area contributed by atoms with Crippen LogP contribution in [0, 0.1) is 11.3 Å². The molecule has 1 aliphatic carbocycles. The summed E-state index contributed by atoms with van der Waals surface area (Å²) in [5.41, 5.74) is 2.42. The van der Waals surface area contributed by atoms with E-state index in [0.29, 0.717) is 62.2 Å². The van der Waals surface area contributed by atoms with Crippen LogP contribution in [0.1, 0.15) is 112 Å². The number of anilines is 2. The molecule has 3 atom stereocenters. The quantitative estimate of drug-likeness (QED) is 0.176. The van der Waals surface area contributed by atoms with Crippen LogP contribution in [0.25, 0.3) is 16.7 Å². The van der Waals surface area contributed by atoms with Crippen molar-refractivity contribution < 1.29 is 32.7 Å². The van der Waals surface area contributed by atoms with Crippen LogP contribution in [0.3, 0.4) is 0 Å². The van der Waals surface area contributed by atoms with Crippen molar-refractivity contribution in [2.24, 2.45) is 18.4 Å². The number of imidazole rings is 1. The van der Waals surface area contributed by atoms with Crippen LogP contribution in [0.4, 0.5) is 20.3 Å². The number of rotatable bonds is 11. The summed E-state index contributed by atoms with van der Waals surface area (Å²) in [5.74, 6) is -0.657. The molecule has 1 unspecified atom stereocenters. The van der Waals surface area contributed by atoms with Crippen molar-refractivity contribution in [2.75, 3.05) is 56.0 Å². The molecular weight excluding hydrogens is 867 g/mol. The number of aromatic nitrogens is 7. The zero-order chi connectivity index (χ0) is 46.7. The fourth-order valence-corrected chi connectivity index (χ4v) is 11.5. The molecule has 1 saturated carbocycles. The highest BCUT2D eigenvalue weighted by atomic mass is 19.3. The number of hydrogen-bond acceptors (Lipinski definition) is 11. The molecule has 0 radical (unpaired) electrons. The lowest BCUT2D eigenvalue weighted by Crippen LogP contribution is -2.61. The fraction of sp³-hybridized carbons (Fsp3) is 0.574. The van der Waals surface area contributed by atoms with Crippen LogP contribution < -0.4 is 21.2 Å². The first-order valence-electron chi connectivity index (χ1n) is 23.7. The molecule has 10 rings (SSSR count). The fourth-order valence-electron chi connectivity index (χ4n) is 11.5. The number of likely N-dealkylation sites (tertiary alicyclic amines) is 2. The Morgan fingerprint density at radius 1 is 1.00 bits per heavy atom. The second-order valence-electron chi connectivity index (χ2n) is 19.5. The number of imide groups is 1. The highest BCUT2D eigenvalue weighted by Gasteiger charge is 2.46. The Bertz CT molecular complexity index is 2760. The van der Waals surface area contributed by atoms with Crippen LogP contribution >= 0.6 is 0 Å². The molecule has 5 aromatic rings. The van der Waals surface area contributed by atoms with Gasteiger partial charge in [0.1, 0.15) is 17.4 Å². The van der Waals surface area contributed by atoms with Gasteiger partial charge in [0.05, 0.1) is 41.2 Å². The van der Waals surface area contributed by atoms with Gasteiger partial charge in [0.15, 0.2) is 11.3 Å². The highest BCUT2D eigenvalue weighted by molar-refractivity contribution is 6.08. The van der Waals surface area contributed by atoms with E-state index in [0.717, 1.165) is 69.5 Å². The highest BCUT2D eigenvalue weighted by Crippen LogP contribution is 2.42. The van der Waals surface area contributed by atoms with Gasteiger partial charge in [0, 0.05) is 71.0 Å². The van der Waals surface area contributed by atoms with E-state index in [1.165, 1.54) is 26.2 Å². The van der Waals surface area contributed by atoms with Crippen LogP contribution in [0.15, 0.2) is 47.7 Å². The maximum Gasteiger partial charge on any atom is 0.329 e. The van der Waals surface area contributed by atoms with Crippen molar-refractivity contribution in [3.05, 3.63) is 70.2 Å². The number of nitrogens with zero attached hydrogens (tertiary/aromatic N) is 10. The van der Waals surface area contributed by atoms with E-state index >= 15 is 0 Å². The number of nitrogens with one attached hydrogen (secondary N) is 2. The summed E-state index contributed by atoms with van der Waals surface area (Å²) in [6.45, 7) is 9.62. The Labute approximate surface area is 385 Å². The SMILES string of the molecule is C[C@@H]1CN(c2ccn3ncc(C(=O)Nc4cn(C5CCC(C(=O)N6CCC7(CC6)CN(CCCc6cccc8c6n(C)c(=O)n8C6CCC(=O)NC6=O)C7)CC5)nc4C(F)F)c3n2)C[C@H](C)O1. The smallest absolute Gasteiger partial charge is 0.329 e. The molecule has 5 fully saturated rings. The summed E-state index contributed by atoms with van der Waals surface area (Å²) in [5, 5.41) is 13.6. The summed E-state index contributed by atoms with van der Waals surface area (Å²) in [6, 6.07) is 6.76. The van der Waals surface area contributed by atoms with Gasteiger partial charge in [-0.15, -0.1) is 0 Å². The Kier molecular flexibility index (Phi) is 12.0. The maximum atomic E-state index is 14.4. The zero-order valence-electron chi connectivity index (χ0n) is 38.2. The van der Waals surface area contributed by atoms with Crippen LogP contribution in [-0.4, -0.2) is 125 Å². The number of carbonyl (C=O) groups excluding carboxylic acids is 4. The summed E-state index contributed by atoms with van der Waals surface area (Å²) < 4.78 is 40.7. The minimum atomic E-state index is -2.91. The number of para-hydroxylation sites is 1. The first-order valence-corrected chi connectivity index (χ1v) is 23.7. The number of amides is 4. The minimum absolute atomic E-state index is 0.00986.